The number of aliphatic carboxylic acids is 1. The lowest BCUT2D eigenvalue weighted by Crippen LogP contribution is -2.22. The fourth-order valence-corrected chi connectivity index (χ4v) is 7.11. The number of carbonyl (C=O) groups excluding carboxylic acids is 1. The number of hydrogen-bond acceptors (Lipinski definition) is 5. The monoisotopic (exact) mass is 651 g/mol. The van der Waals surface area contributed by atoms with Gasteiger partial charge in [0, 0.05) is 22.7 Å². The van der Waals surface area contributed by atoms with Crippen LogP contribution in [0.1, 0.15) is 108 Å². The fourth-order valence-electron chi connectivity index (χ4n) is 5.63. The van der Waals surface area contributed by atoms with Gasteiger partial charge in [0.2, 0.25) is 0 Å². The van der Waals surface area contributed by atoms with Crippen LogP contribution in [0.5, 0.6) is 0 Å². The Labute approximate surface area is 286 Å². The number of fused-ring (bicyclic) bond motifs is 1. The van der Waals surface area contributed by atoms with Crippen molar-refractivity contribution >= 4 is 23.7 Å². The van der Waals surface area contributed by atoms with E-state index in [9.17, 15) is 9.59 Å². The zero-order valence-electron chi connectivity index (χ0n) is 29.2. The normalized spacial score (nSPS) is 17.4. The molecule has 0 amide bonds. The number of carboxylic acid groups (broad SMARTS) is 1. The molecule has 0 radical (unpaired) electrons. The van der Waals surface area contributed by atoms with Gasteiger partial charge in [0.15, 0.2) is 0 Å². The molecule has 0 saturated heterocycles. The minimum Gasteiger partial charge on any atom is -0.478 e. The van der Waals surface area contributed by atoms with Crippen molar-refractivity contribution in [1.29, 1.82) is 0 Å². The van der Waals surface area contributed by atoms with Crippen molar-refractivity contribution in [2.24, 2.45) is 5.41 Å². The number of carbonyl (C=O) groups is 2. The van der Waals surface area contributed by atoms with Gasteiger partial charge in [-0.3, -0.25) is 0 Å². The zero-order valence-corrected chi connectivity index (χ0v) is 30.0. The van der Waals surface area contributed by atoms with Crippen molar-refractivity contribution in [1.82, 2.24) is 4.98 Å². The third kappa shape index (κ3) is 11.6. The number of benzene rings is 1. The molecule has 248 valence electrons. The third-order valence-electron chi connectivity index (χ3n) is 8.43. The summed E-state index contributed by atoms with van der Waals surface area (Å²) in [4.78, 5) is 27.8. The van der Waals surface area contributed by atoms with Crippen LogP contribution in [0, 0.1) is 17.3 Å². The third-order valence-corrected chi connectivity index (χ3v) is 9.50. The highest BCUT2D eigenvalue weighted by Gasteiger charge is 2.28. The largest absolute Gasteiger partial charge is 0.478 e. The van der Waals surface area contributed by atoms with Gasteiger partial charge in [0.25, 0.3) is 0 Å². The van der Waals surface area contributed by atoms with E-state index in [1.54, 1.807) is 32.1 Å². The lowest BCUT2D eigenvalue weighted by molar-refractivity contribution is -0.131. The Morgan fingerprint density at radius 2 is 1.79 bits per heavy atom. The van der Waals surface area contributed by atoms with E-state index in [0.717, 1.165) is 16.7 Å². The molecular formula is C41H49NO4S. The van der Waals surface area contributed by atoms with Crippen LogP contribution in [-0.4, -0.2) is 34.4 Å². The Morgan fingerprint density at radius 3 is 2.45 bits per heavy atom. The van der Waals surface area contributed by atoms with Gasteiger partial charge < -0.3 is 9.84 Å². The summed E-state index contributed by atoms with van der Waals surface area (Å²) in [6.45, 7) is 17.4. The van der Waals surface area contributed by atoms with Crippen LogP contribution >= 0.6 is 11.8 Å². The molecule has 0 atom stereocenters. The molecule has 1 aliphatic heterocycles. The fraction of sp³-hybridized carbons (Fsp3) is 0.390. The number of thioether (sulfide) groups is 1. The molecule has 5 nitrogen and oxygen atoms in total. The van der Waals surface area contributed by atoms with E-state index in [0.29, 0.717) is 17.9 Å². The van der Waals surface area contributed by atoms with E-state index < -0.39 is 5.97 Å². The smallest absolute Gasteiger partial charge is 0.339 e. The number of pyridine rings is 1. The Kier molecular flexibility index (Phi) is 13.7. The number of rotatable bonds is 7. The summed E-state index contributed by atoms with van der Waals surface area (Å²) in [6.07, 6.45) is 17.7. The SMILES string of the molecule is CC1=C(/C=C/C(C)=C/C=C/C(C)=C/C(=O)O)C(C)(C)CCC1.CCOC(=O)c1ccc(C#Cc2ccc3c(c2)C(C)(C)CCS3)nc1. The molecule has 1 N–H and O–H groups in total. The van der Waals surface area contributed by atoms with Crippen molar-refractivity contribution in [2.75, 3.05) is 12.4 Å². The Bertz CT molecular complexity index is 1660. The maximum atomic E-state index is 11.6. The molecule has 0 spiro atoms. The summed E-state index contributed by atoms with van der Waals surface area (Å²) in [7, 11) is 0. The summed E-state index contributed by atoms with van der Waals surface area (Å²) < 4.78 is 4.95. The zero-order chi connectivity index (χ0) is 34.6. The molecule has 2 aliphatic rings. The number of carboxylic acids is 1. The molecule has 0 saturated carbocycles. The molecule has 0 unspecified atom stereocenters. The Balaban J connectivity index is 0.000000258. The first kappa shape index (κ1) is 37.4. The molecule has 4 rings (SSSR count). The second-order valence-corrected chi connectivity index (χ2v) is 14.5. The second-order valence-electron chi connectivity index (χ2n) is 13.4. The Hall–Kier alpha value is -4.08. The van der Waals surface area contributed by atoms with E-state index in [1.165, 1.54) is 65.3 Å². The second kappa shape index (κ2) is 17.2. The topological polar surface area (TPSA) is 76.5 Å². The first-order valence-electron chi connectivity index (χ1n) is 16.3. The molecule has 1 aromatic heterocycles. The average molecular weight is 652 g/mol. The maximum Gasteiger partial charge on any atom is 0.339 e. The van der Waals surface area contributed by atoms with Crippen LogP contribution in [-0.2, 0) is 14.9 Å². The lowest BCUT2D eigenvalue weighted by atomic mass is 9.72. The predicted octanol–water partition coefficient (Wildman–Crippen LogP) is 10.0. The highest BCUT2D eigenvalue weighted by Crippen LogP contribution is 2.42. The van der Waals surface area contributed by atoms with Gasteiger partial charge in [-0.05, 0) is 123 Å². The summed E-state index contributed by atoms with van der Waals surface area (Å²) in [5.41, 5.74) is 8.74. The highest BCUT2D eigenvalue weighted by atomic mass is 32.2. The first-order chi connectivity index (χ1) is 22.2. The van der Waals surface area contributed by atoms with Gasteiger partial charge in [-0.1, -0.05) is 75.1 Å². The molecule has 1 aromatic carbocycles. The highest BCUT2D eigenvalue weighted by molar-refractivity contribution is 7.99. The number of aromatic nitrogens is 1. The molecule has 47 heavy (non-hydrogen) atoms. The van der Waals surface area contributed by atoms with Crippen molar-refractivity contribution in [3.8, 4) is 11.8 Å². The van der Waals surface area contributed by atoms with Crippen molar-refractivity contribution < 1.29 is 19.4 Å². The standard InChI is InChI=1S/C21H21NO2S.C20H28O2/c1-4-24-20(23)16-7-9-17(22-14-16)8-5-15-6-10-19-18(13-15)21(2,3)11-12-25-19;1-15(8-6-9-16(2)14-19(21)22)11-12-18-17(3)10-7-13-20(18,4)5/h6-7,9-10,13-14H,4,11-12H2,1-3H3;6,8-9,11-12,14H,7,10,13H2,1-5H3,(H,21,22)/b;9-6+,12-11+,15-8+,16-14+. The molecule has 1 aliphatic carbocycles. The van der Waals surface area contributed by atoms with Crippen molar-refractivity contribution in [3.63, 3.8) is 0 Å². The van der Waals surface area contributed by atoms with Crippen LogP contribution in [0.4, 0.5) is 0 Å². The number of hydrogen-bond donors (Lipinski definition) is 1. The lowest BCUT2D eigenvalue weighted by Gasteiger charge is -2.32. The van der Waals surface area contributed by atoms with E-state index in [2.05, 4.69) is 88.7 Å². The maximum absolute atomic E-state index is 11.6. The molecule has 2 heterocycles. The molecule has 0 fully saturated rings. The Morgan fingerprint density at radius 1 is 1.02 bits per heavy atom. The summed E-state index contributed by atoms with van der Waals surface area (Å²) in [6, 6.07) is 9.87. The van der Waals surface area contributed by atoms with Crippen LogP contribution in [0.3, 0.4) is 0 Å². The molecule has 2 aromatic rings. The van der Waals surface area contributed by atoms with Crippen LogP contribution in [0.2, 0.25) is 0 Å². The van der Waals surface area contributed by atoms with E-state index in [4.69, 9.17) is 9.84 Å². The number of nitrogens with zero attached hydrogens (tertiary/aromatic N) is 1. The van der Waals surface area contributed by atoms with Gasteiger partial charge in [0.1, 0.15) is 5.69 Å². The minimum atomic E-state index is -0.912. The summed E-state index contributed by atoms with van der Waals surface area (Å²) in [5, 5.41) is 8.65. The quantitative estimate of drug-likeness (QED) is 0.139. The van der Waals surface area contributed by atoms with E-state index >= 15 is 0 Å². The molecule has 6 heteroatoms. The van der Waals surface area contributed by atoms with Gasteiger partial charge >= 0.3 is 11.9 Å². The average Bonchev–Trinajstić information content (AvgIpc) is 3.00. The van der Waals surface area contributed by atoms with Crippen molar-refractivity contribution in [3.05, 3.63) is 118 Å². The van der Waals surface area contributed by atoms with Gasteiger partial charge in [-0.25, -0.2) is 14.6 Å². The van der Waals surface area contributed by atoms with E-state index in [1.807, 2.05) is 23.9 Å². The van der Waals surface area contributed by atoms with Crippen molar-refractivity contribution in [2.45, 2.75) is 91.4 Å². The summed E-state index contributed by atoms with van der Waals surface area (Å²) in [5.74, 6) is 6.16. The van der Waals surface area contributed by atoms with E-state index in [-0.39, 0.29) is 16.8 Å². The van der Waals surface area contributed by atoms with Crippen LogP contribution in [0.15, 0.2) is 100 Å². The first-order valence-corrected chi connectivity index (χ1v) is 17.3. The molecular weight excluding hydrogens is 603 g/mol. The van der Waals surface area contributed by atoms with Gasteiger partial charge in [-0.2, -0.15) is 0 Å². The van der Waals surface area contributed by atoms with Crippen LogP contribution < -0.4 is 0 Å². The van der Waals surface area contributed by atoms with Gasteiger partial charge in [0.05, 0.1) is 12.2 Å². The van der Waals surface area contributed by atoms with Gasteiger partial charge in [-0.15, -0.1) is 11.8 Å². The van der Waals surface area contributed by atoms with Crippen LogP contribution in [0.25, 0.3) is 0 Å². The summed E-state index contributed by atoms with van der Waals surface area (Å²) >= 11 is 1.92. The number of allylic oxidation sites excluding steroid dienone is 9. The molecule has 0 bridgehead atoms. The predicted molar refractivity (Wildman–Crippen MR) is 195 cm³/mol. The minimum absolute atomic E-state index is 0.192. The number of esters is 1. The number of ether oxygens (including phenoxy) is 1.